The van der Waals surface area contributed by atoms with Gasteiger partial charge in [-0.25, -0.2) is 5.43 Å². The summed E-state index contributed by atoms with van der Waals surface area (Å²) in [7, 11) is 0. The summed E-state index contributed by atoms with van der Waals surface area (Å²) in [6, 6.07) is 2.43. The molecule has 0 fully saturated rings. The summed E-state index contributed by atoms with van der Waals surface area (Å²) in [4.78, 5) is 31.3. The van der Waals surface area contributed by atoms with Gasteiger partial charge in [-0.1, -0.05) is 34.8 Å². The van der Waals surface area contributed by atoms with Gasteiger partial charge in [0.1, 0.15) is 0 Å². The van der Waals surface area contributed by atoms with E-state index in [4.69, 9.17) is 34.8 Å². The third kappa shape index (κ3) is 5.50. The zero-order chi connectivity index (χ0) is 16.2. The highest BCUT2D eigenvalue weighted by Crippen LogP contribution is 2.23. The molecule has 1 aromatic carbocycles. The molecule has 0 unspecified atom stereocenters. The van der Waals surface area contributed by atoms with Crippen molar-refractivity contribution in [1.29, 1.82) is 0 Å². The summed E-state index contributed by atoms with van der Waals surface area (Å²) >= 11 is 16.0. The summed E-state index contributed by atoms with van der Waals surface area (Å²) in [6.07, 6.45) is 0.779. The Hall–Kier alpha value is -1.97. The second-order valence-corrected chi connectivity index (χ2v) is 5.86. The van der Waals surface area contributed by atoms with Gasteiger partial charge in [0, 0.05) is 12.1 Å². The van der Waals surface area contributed by atoms with Gasteiger partial charge in [0.15, 0.2) is 0 Å². The first kappa shape index (κ1) is 17.1. The molecule has 0 aromatic heterocycles. The van der Waals surface area contributed by atoms with Crippen LogP contribution in [-0.4, -0.2) is 25.8 Å². The molecule has 0 radical (unpaired) electrons. The average molecular weight is 356 g/mol. The number of hydrazone groups is 1. The van der Waals surface area contributed by atoms with Crippen molar-refractivity contribution < 1.29 is 14.6 Å². The Morgan fingerprint density at radius 2 is 1.62 bits per heavy atom. The fourth-order valence-corrected chi connectivity index (χ4v) is 1.31. The van der Waals surface area contributed by atoms with Gasteiger partial charge in [0.2, 0.25) is 3.79 Å². The number of halogens is 3. The first-order chi connectivity index (χ1) is 9.60. The number of hydrogen-bond donors (Lipinski definition) is 1. The molecule has 0 bridgehead atoms. The molecule has 1 amide bonds. The van der Waals surface area contributed by atoms with Crippen LogP contribution in [0.2, 0.25) is 0 Å². The second kappa shape index (κ2) is 6.66. The minimum atomic E-state index is -1.85. The third-order valence-electron chi connectivity index (χ3n) is 1.96. The molecular formula is C9H5Cl3N4O5. The fraction of sp³-hybridized carbons (Fsp3) is 0.111. The van der Waals surface area contributed by atoms with Gasteiger partial charge in [-0.05, 0) is 0 Å². The van der Waals surface area contributed by atoms with Crippen molar-refractivity contribution in [2.45, 2.75) is 3.79 Å². The van der Waals surface area contributed by atoms with Gasteiger partial charge < -0.3 is 0 Å². The lowest BCUT2D eigenvalue weighted by molar-refractivity contribution is -0.394. The number of nitrogens with one attached hydrogen (secondary N) is 1. The lowest BCUT2D eigenvalue weighted by Gasteiger charge is -2.03. The van der Waals surface area contributed by atoms with Crippen LogP contribution in [0.25, 0.3) is 0 Å². The van der Waals surface area contributed by atoms with Crippen molar-refractivity contribution in [3.8, 4) is 0 Å². The first-order valence-electron chi connectivity index (χ1n) is 4.95. The quantitative estimate of drug-likeness (QED) is 0.384. The molecule has 0 aliphatic rings. The van der Waals surface area contributed by atoms with Crippen LogP contribution in [-0.2, 0) is 0 Å². The normalized spacial score (nSPS) is 11.4. The van der Waals surface area contributed by atoms with E-state index in [1.165, 1.54) is 0 Å². The lowest BCUT2D eigenvalue weighted by atomic mass is 10.1. The average Bonchev–Trinajstić information content (AvgIpc) is 2.36. The third-order valence-corrected chi connectivity index (χ3v) is 2.26. The smallest absolute Gasteiger partial charge is 0.267 e. The highest BCUT2D eigenvalue weighted by Gasteiger charge is 2.20. The molecule has 0 saturated heterocycles. The predicted molar refractivity (Wildman–Crippen MR) is 76.0 cm³/mol. The standard InChI is InChI=1S/C9H5Cl3N4O5/c10-9(11,12)4-13-14-8(17)5-1-6(15(18)19)3-7(2-5)16(20)21/h1-4H,(H,14,17). The predicted octanol–water partition coefficient (Wildman–Crippen LogP) is 2.59. The van der Waals surface area contributed by atoms with Crippen LogP contribution < -0.4 is 5.43 Å². The van der Waals surface area contributed by atoms with Gasteiger partial charge in [-0.15, -0.1) is 0 Å². The zero-order valence-corrected chi connectivity index (χ0v) is 12.1. The van der Waals surface area contributed by atoms with E-state index in [-0.39, 0.29) is 5.56 Å². The number of benzene rings is 1. The van der Waals surface area contributed by atoms with Crippen molar-refractivity contribution in [2.75, 3.05) is 0 Å². The zero-order valence-electron chi connectivity index (χ0n) is 9.83. The number of nitro benzene ring substituents is 2. The Balaban J connectivity index is 3.06. The Kier molecular flexibility index (Phi) is 5.41. The van der Waals surface area contributed by atoms with Crippen molar-refractivity contribution in [1.82, 2.24) is 5.43 Å². The minimum Gasteiger partial charge on any atom is -0.267 e. The summed E-state index contributed by atoms with van der Waals surface area (Å²) < 4.78 is -1.85. The molecule has 0 heterocycles. The number of carbonyl (C=O) groups is 1. The Morgan fingerprint density at radius 1 is 1.14 bits per heavy atom. The summed E-state index contributed by atoms with van der Waals surface area (Å²) in [6.45, 7) is 0. The molecule has 21 heavy (non-hydrogen) atoms. The first-order valence-corrected chi connectivity index (χ1v) is 6.09. The van der Waals surface area contributed by atoms with Gasteiger partial charge >= 0.3 is 0 Å². The van der Waals surface area contributed by atoms with E-state index in [9.17, 15) is 25.0 Å². The number of carbonyl (C=O) groups excluding carboxylic acids is 1. The van der Waals surface area contributed by atoms with Crippen molar-refractivity contribution in [2.24, 2.45) is 5.10 Å². The summed E-state index contributed by atoms with van der Waals surface area (Å²) in [5.41, 5.74) is 0.361. The van der Waals surface area contributed by atoms with Crippen LogP contribution in [0.15, 0.2) is 23.3 Å². The van der Waals surface area contributed by atoms with Gasteiger partial charge in [0.05, 0.1) is 27.7 Å². The van der Waals surface area contributed by atoms with E-state index < -0.39 is 30.9 Å². The molecule has 0 aliphatic heterocycles. The van der Waals surface area contributed by atoms with Crippen LogP contribution in [0.4, 0.5) is 11.4 Å². The largest absolute Gasteiger partial charge is 0.277 e. The van der Waals surface area contributed by atoms with Crippen LogP contribution in [0.5, 0.6) is 0 Å². The van der Waals surface area contributed by atoms with Crippen LogP contribution in [0, 0.1) is 20.2 Å². The summed E-state index contributed by atoms with van der Waals surface area (Å²) in [5, 5.41) is 24.6. The molecule has 9 nitrogen and oxygen atoms in total. The fourth-order valence-electron chi connectivity index (χ4n) is 1.17. The number of non-ortho nitro benzene ring substituents is 2. The molecule has 12 heteroatoms. The minimum absolute atomic E-state index is 0.336. The molecule has 0 spiro atoms. The molecule has 0 aliphatic carbocycles. The van der Waals surface area contributed by atoms with Gasteiger partial charge in [-0.3, -0.25) is 25.0 Å². The van der Waals surface area contributed by atoms with E-state index in [0.29, 0.717) is 0 Å². The second-order valence-electron chi connectivity index (χ2n) is 3.49. The van der Waals surface area contributed by atoms with E-state index >= 15 is 0 Å². The number of nitro groups is 2. The maximum absolute atomic E-state index is 11.7. The monoisotopic (exact) mass is 354 g/mol. The SMILES string of the molecule is O=C(NN=CC(Cl)(Cl)Cl)c1cc([N+](=O)[O-])cc([N+](=O)[O-])c1. The Morgan fingerprint density at radius 3 is 2.00 bits per heavy atom. The topological polar surface area (TPSA) is 128 Å². The Bertz CT molecular complexity index is 596. The number of nitrogens with zero attached hydrogens (tertiary/aromatic N) is 3. The molecule has 1 rings (SSSR count). The van der Waals surface area contributed by atoms with E-state index in [0.717, 1.165) is 24.4 Å². The summed E-state index contributed by atoms with van der Waals surface area (Å²) in [5.74, 6) is -0.938. The molecular weight excluding hydrogens is 350 g/mol. The van der Waals surface area contributed by atoms with E-state index in [1.54, 1.807) is 0 Å². The lowest BCUT2D eigenvalue weighted by Crippen LogP contribution is -2.19. The van der Waals surface area contributed by atoms with Gasteiger partial charge in [-0.2, -0.15) is 5.10 Å². The number of hydrogen-bond acceptors (Lipinski definition) is 6. The molecule has 0 saturated carbocycles. The van der Waals surface area contributed by atoms with Crippen LogP contribution in [0.3, 0.4) is 0 Å². The van der Waals surface area contributed by atoms with Crippen molar-refractivity contribution in [3.63, 3.8) is 0 Å². The maximum Gasteiger partial charge on any atom is 0.277 e. The van der Waals surface area contributed by atoms with Crippen molar-refractivity contribution in [3.05, 3.63) is 44.0 Å². The maximum atomic E-state index is 11.7. The van der Waals surface area contributed by atoms with E-state index in [2.05, 4.69) is 5.10 Å². The molecule has 1 N–H and O–H groups in total. The molecule has 112 valence electrons. The Labute approximate surface area is 131 Å². The van der Waals surface area contributed by atoms with Gasteiger partial charge in [0.25, 0.3) is 17.3 Å². The van der Waals surface area contributed by atoms with Crippen molar-refractivity contribution >= 4 is 58.3 Å². The number of rotatable bonds is 4. The molecule has 0 atom stereocenters. The van der Waals surface area contributed by atoms with Crippen LogP contribution >= 0.6 is 34.8 Å². The number of alkyl halides is 3. The number of amides is 1. The highest BCUT2D eigenvalue weighted by molar-refractivity contribution is 6.74. The highest BCUT2D eigenvalue weighted by atomic mass is 35.6. The van der Waals surface area contributed by atoms with E-state index in [1.807, 2.05) is 5.43 Å². The molecule has 1 aromatic rings. The van der Waals surface area contributed by atoms with Crippen LogP contribution in [0.1, 0.15) is 10.4 Å².